The van der Waals surface area contributed by atoms with E-state index in [-0.39, 0.29) is 12.4 Å². The first-order chi connectivity index (χ1) is 14.0. The molecule has 1 aromatic carbocycles. The van der Waals surface area contributed by atoms with Crippen LogP contribution >= 0.6 is 0 Å². The molecule has 0 radical (unpaired) electrons. The Kier molecular flexibility index (Phi) is 7.77. The highest BCUT2D eigenvalue weighted by atomic mass is 16.5. The molecule has 0 atom stereocenters. The van der Waals surface area contributed by atoms with Gasteiger partial charge in [-0.25, -0.2) is 15.3 Å². The van der Waals surface area contributed by atoms with E-state index >= 15 is 0 Å². The molecule has 0 aliphatic rings. The summed E-state index contributed by atoms with van der Waals surface area (Å²) in [5.74, 6) is 0.698. The standard InChI is InChI=1S/C17H22N6O6/c1-4-5-29-14-11(27-2)6-10(7-12(14)28-3)8-19-21-13(24)9-18-15-16(25)20-17(26)23-22-15/h6-8H,4-5,9H2,1-3H3,(H,18,22)(H,21,24)(H2,20,23,25,26)/b19-8+. The second-order valence-corrected chi connectivity index (χ2v) is 5.61. The molecule has 12 heteroatoms. The molecule has 0 fully saturated rings. The van der Waals surface area contributed by atoms with E-state index in [2.05, 4.69) is 20.9 Å². The second-order valence-electron chi connectivity index (χ2n) is 5.61. The van der Waals surface area contributed by atoms with Gasteiger partial charge in [0.2, 0.25) is 11.6 Å². The molecule has 1 amide bonds. The predicted molar refractivity (Wildman–Crippen MR) is 105 cm³/mol. The van der Waals surface area contributed by atoms with E-state index in [1.165, 1.54) is 20.4 Å². The van der Waals surface area contributed by atoms with Crippen molar-refractivity contribution in [3.63, 3.8) is 0 Å². The van der Waals surface area contributed by atoms with Crippen LogP contribution in [0.4, 0.5) is 5.82 Å². The summed E-state index contributed by atoms with van der Waals surface area (Å²) in [6.07, 6.45) is 2.23. The second kappa shape index (κ2) is 10.5. The van der Waals surface area contributed by atoms with Crippen LogP contribution in [0.2, 0.25) is 0 Å². The van der Waals surface area contributed by atoms with E-state index in [0.717, 1.165) is 6.42 Å². The van der Waals surface area contributed by atoms with Gasteiger partial charge in [0.15, 0.2) is 11.5 Å². The number of H-pyrrole nitrogens is 2. The first-order valence-electron chi connectivity index (χ1n) is 8.62. The van der Waals surface area contributed by atoms with Crippen molar-refractivity contribution >= 4 is 17.9 Å². The lowest BCUT2D eigenvalue weighted by Crippen LogP contribution is -2.31. The van der Waals surface area contributed by atoms with Crippen LogP contribution < -0.4 is 36.2 Å². The topological polar surface area (TPSA) is 160 Å². The van der Waals surface area contributed by atoms with Crippen molar-refractivity contribution in [2.24, 2.45) is 5.10 Å². The zero-order valence-electron chi connectivity index (χ0n) is 16.2. The number of hydrogen-bond donors (Lipinski definition) is 4. The Hall–Kier alpha value is -3.83. The number of amides is 1. The van der Waals surface area contributed by atoms with Crippen LogP contribution in [0.1, 0.15) is 18.9 Å². The van der Waals surface area contributed by atoms with Gasteiger partial charge < -0.3 is 19.5 Å². The molecular weight excluding hydrogens is 384 g/mol. The monoisotopic (exact) mass is 406 g/mol. The Labute approximate surface area is 165 Å². The average Bonchev–Trinajstić information content (AvgIpc) is 2.71. The van der Waals surface area contributed by atoms with Gasteiger partial charge in [-0.3, -0.25) is 14.6 Å². The van der Waals surface area contributed by atoms with E-state index in [1.807, 2.05) is 17.0 Å². The molecule has 1 heterocycles. The molecule has 2 rings (SSSR count). The molecule has 0 saturated carbocycles. The van der Waals surface area contributed by atoms with Crippen LogP contribution in [0.25, 0.3) is 0 Å². The van der Waals surface area contributed by atoms with Gasteiger partial charge >= 0.3 is 5.69 Å². The third-order valence-corrected chi connectivity index (χ3v) is 3.46. The molecule has 2 aromatic rings. The highest BCUT2D eigenvalue weighted by Gasteiger charge is 2.13. The summed E-state index contributed by atoms with van der Waals surface area (Å²) in [6.45, 7) is 2.22. The summed E-state index contributed by atoms with van der Waals surface area (Å²) in [6, 6.07) is 3.37. The summed E-state index contributed by atoms with van der Waals surface area (Å²) in [7, 11) is 3.02. The van der Waals surface area contributed by atoms with Crippen LogP contribution in [-0.4, -0.2) is 54.7 Å². The largest absolute Gasteiger partial charge is 0.493 e. The minimum Gasteiger partial charge on any atom is -0.493 e. The Morgan fingerprint density at radius 2 is 1.93 bits per heavy atom. The lowest BCUT2D eigenvalue weighted by molar-refractivity contribution is -0.119. The smallest absolute Gasteiger partial charge is 0.342 e. The highest BCUT2D eigenvalue weighted by Crippen LogP contribution is 2.38. The third-order valence-electron chi connectivity index (χ3n) is 3.46. The average molecular weight is 406 g/mol. The van der Waals surface area contributed by atoms with Gasteiger partial charge in [0, 0.05) is 5.56 Å². The molecule has 0 aliphatic heterocycles. The molecule has 156 valence electrons. The van der Waals surface area contributed by atoms with Gasteiger partial charge in [0.25, 0.3) is 11.5 Å². The van der Waals surface area contributed by atoms with Gasteiger partial charge in [0.05, 0.1) is 33.6 Å². The zero-order valence-corrected chi connectivity index (χ0v) is 16.2. The van der Waals surface area contributed by atoms with E-state index in [4.69, 9.17) is 14.2 Å². The van der Waals surface area contributed by atoms with Crippen LogP contribution in [-0.2, 0) is 4.79 Å². The number of anilines is 1. The van der Waals surface area contributed by atoms with Crippen LogP contribution in [0.3, 0.4) is 0 Å². The lowest BCUT2D eigenvalue weighted by atomic mass is 10.2. The van der Waals surface area contributed by atoms with Crippen molar-refractivity contribution in [2.45, 2.75) is 13.3 Å². The van der Waals surface area contributed by atoms with Crippen LogP contribution in [0.5, 0.6) is 17.2 Å². The van der Waals surface area contributed by atoms with Gasteiger partial charge in [-0.2, -0.15) is 5.10 Å². The van der Waals surface area contributed by atoms with Gasteiger partial charge in [-0.1, -0.05) is 6.92 Å². The molecule has 4 N–H and O–H groups in total. The number of rotatable bonds is 10. The Morgan fingerprint density at radius 1 is 1.24 bits per heavy atom. The first kappa shape index (κ1) is 21.5. The van der Waals surface area contributed by atoms with Crippen molar-refractivity contribution in [2.75, 3.05) is 32.7 Å². The van der Waals surface area contributed by atoms with Crippen molar-refractivity contribution in [3.8, 4) is 17.2 Å². The number of hydrogen-bond acceptors (Lipinski definition) is 9. The minimum atomic E-state index is -0.744. The molecule has 0 bridgehead atoms. The fourth-order valence-electron chi connectivity index (χ4n) is 2.17. The number of hydrazone groups is 1. The van der Waals surface area contributed by atoms with Crippen molar-refractivity contribution < 1.29 is 19.0 Å². The van der Waals surface area contributed by atoms with E-state index < -0.39 is 17.2 Å². The number of methoxy groups -OCH3 is 2. The number of benzene rings is 1. The summed E-state index contributed by atoms with van der Waals surface area (Å²) >= 11 is 0. The van der Waals surface area contributed by atoms with Crippen molar-refractivity contribution in [1.82, 2.24) is 20.6 Å². The minimum absolute atomic E-state index is 0.194. The number of nitrogens with zero attached hydrogens (tertiary/aromatic N) is 2. The van der Waals surface area contributed by atoms with E-state index in [9.17, 15) is 14.4 Å². The lowest BCUT2D eigenvalue weighted by Gasteiger charge is -2.14. The fourth-order valence-corrected chi connectivity index (χ4v) is 2.17. The van der Waals surface area contributed by atoms with Crippen molar-refractivity contribution in [3.05, 3.63) is 38.5 Å². The molecular formula is C17H22N6O6. The fraction of sp³-hybridized carbons (Fsp3) is 0.353. The summed E-state index contributed by atoms with van der Waals surface area (Å²) in [5.41, 5.74) is 1.42. The molecule has 12 nitrogen and oxygen atoms in total. The van der Waals surface area contributed by atoms with E-state index in [0.29, 0.717) is 29.4 Å². The maximum absolute atomic E-state index is 11.8. The maximum atomic E-state index is 11.8. The SMILES string of the molecule is CCCOc1c(OC)cc(/C=N/NC(=O)CNc2n[nH]c(=O)[nH]c2=O)cc1OC. The number of aromatic amines is 2. The Balaban J connectivity index is 2.00. The third kappa shape index (κ3) is 6.09. The molecule has 0 saturated heterocycles. The van der Waals surface area contributed by atoms with Crippen molar-refractivity contribution in [1.29, 1.82) is 0 Å². The molecule has 1 aromatic heterocycles. The van der Waals surface area contributed by atoms with Gasteiger partial charge in [0.1, 0.15) is 0 Å². The van der Waals surface area contributed by atoms with E-state index in [1.54, 1.807) is 12.1 Å². The zero-order chi connectivity index (χ0) is 21.2. The predicted octanol–water partition coefficient (Wildman–Crippen LogP) is -0.174. The quantitative estimate of drug-likeness (QED) is 0.312. The molecule has 0 spiro atoms. The van der Waals surface area contributed by atoms with Crippen LogP contribution in [0, 0.1) is 0 Å². The van der Waals surface area contributed by atoms with Gasteiger partial charge in [-0.05, 0) is 18.6 Å². The first-order valence-corrected chi connectivity index (χ1v) is 8.62. The number of ether oxygens (including phenoxy) is 3. The number of aromatic nitrogens is 3. The summed E-state index contributed by atoms with van der Waals surface area (Å²) in [4.78, 5) is 36.2. The van der Waals surface area contributed by atoms with Crippen LogP contribution in [0.15, 0.2) is 26.8 Å². The summed E-state index contributed by atoms with van der Waals surface area (Å²) in [5, 5.41) is 11.9. The number of carbonyl (C=O) groups is 1. The summed E-state index contributed by atoms with van der Waals surface area (Å²) < 4.78 is 16.3. The Morgan fingerprint density at radius 3 is 2.52 bits per heavy atom. The number of nitrogens with one attached hydrogen (secondary N) is 4. The highest BCUT2D eigenvalue weighted by molar-refractivity contribution is 5.85. The normalized spacial score (nSPS) is 10.6. The molecule has 0 unspecified atom stereocenters. The van der Waals surface area contributed by atoms with Gasteiger partial charge in [-0.15, -0.1) is 5.10 Å². The maximum Gasteiger partial charge on any atom is 0.342 e. The molecule has 0 aliphatic carbocycles. The number of carbonyl (C=O) groups excluding carboxylic acids is 1. The molecule has 29 heavy (non-hydrogen) atoms. The Bertz CT molecular complexity index is 958.